The molecular weight excluding hydrogens is 565 g/mol. The molecule has 2 atom stereocenters. The molecule has 1 fully saturated rings. The van der Waals surface area contributed by atoms with Crippen LogP contribution in [-0.4, -0.2) is 81.3 Å². The first-order chi connectivity index (χ1) is 20.1. The summed E-state index contributed by atoms with van der Waals surface area (Å²) >= 11 is 1.06. The number of ketones is 1. The monoisotopic (exact) mass is 599 g/mol. The summed E-state index contributed by atoms with van der Waals surface area (Å²) in [5.74, 6) is -4.20. The lowest BCUT2D eigenvalue weighted by Gasteiger charge is -2.33. The molecule has 0 spiro atoms. The molecule has 4 amide bonds. The number of nitrogens with zero attached hydrogens (tertiary/aromatic N) is 3. The van der Waals surface area contributed by atoms with Crippen LogP contribution in [0.15, 0.2) is 23.6 Å². The molecular formula is C27H34BN5O8S. The first-order valence-electron chi connectivity index (χ1n) is 14.0. The molecule has 15 heteroatoms. The topological polar surface area (TPSA) is 192 Å². The first-order valence-corrected chi connectivity index (χ1v) is 14.8. The number of nitrogens with two attached hydrogens (primary N) is 1. The highest BCUT2D eigenvalue weighted by Gasteiger charge is 2.41. The zero-order chi connectivity index (χ0) is 30.4. The van der Waals surface area contributed by atoms with E-state index in [4.69, 9.17) is 10.4 Å². The molecule has 224 valence electrons. The number of rotatable bonds is 12. The number of carboxylic acid groups (broad SMARTS) is 1. The second-order valence-electron chi connectivity index (χ2n) is 10.4. The van der Waals surface area contributed by atoms with Gasteiger partial charge in [0.25, 0.3) is 0 Å². The number of anilines is 1. The summed E-state index contributed by atoms with van der Waals surface area (Å²) in [6.45, 7) is 2.71. The van der Waals surface area contributed by atoms with E-state index in [0.29, 0.717) is 12.1 Å². The molecule has 4 rings (SSSR count). The van der Waals surface area contributed by atoms with Crippen molar-refractivity contribution in [3.8, 4) is 5.75 Å². The van der Waals surface area contributed by atoms with Crippen LogP contribution in [0.2, 0.25) is 5.82 Å². The first kappa shape index (κ1) is 31.0. The molecule has 1 aromatic heterocycles. The van der Waals surface area contributed by atoms with Gasteiger partial charge in [0.2, 0.25) is 0 Å². The predicted molar refractivity (Wildman–Crippen MR) is 154 cm³/mol. The number of carbonyl (C=O) groups is 5. The number of fused-ring (bicyclic) bond motifs is 1. The minimum atomic E-state index is -1.48. The maximum Gasteiger partial charge on any atom is 0.526 e. The van der Waals surface area contributed by atoms with Crippen molar-refractivity contribution in [3.63, 3.8) is 0 Å². The molecule has 2 aliphatic heterocycles. The van der Waals surface area contributed by atoms with Crippen LogP contribution >= 0.6 is 11.3 Å². The molecule has 42 heavy (non-hydrogen) atoms. The van der Waals surface area contributed by atoms with Gasteiger partial charge in [-0.15, -0.1) is 11.3 Å². The van der Waals surface area contributed by atoms with Gasteiger partial charge in [-0.05, 0) is 24.5 Å². The number of carboxylic acids is 1. The molecule has 13 nitrogen and oxygen atoms in total. The van der Waals surface area contributed by atoms with E-state index < -0.39 is 48.6 Å². The molecule has 0 bridgehead atoms. The van der Waals surface area contributed by atoms with Crippen molar-refractivity contribution in [2.45, 2.75) is 63.7 Å². The van der Waals surface area contributed by atoms with Crippen LogP contribution in [0, 0.1) is 0 Å². The fourth-order valence-electron chi connectivity index (χ4n) is 5.14. The number of unbranched alkanes of at least 4 members (excludes halogenated alkanes) is 4. The van der Waals surface area contributed by atoms with Crippen molar-refractivity contribution in [1.82, 2.24) is 20.1 Å². The van der Waals surface area contributed by atoms with Gasteiger partial charge in [-0.3, -0.25) is 19.3 Å². The Morgan fingerprint density at radius 2 is 1.95 bits per heavy atom. The number of amides is 4. The highest BCUT2D eigenvalue weighted by molar-refractivity contribution is 7.13. The van der Waals surface area contributed by atoms with Gasteiger partial charge in [0.15, 0.2) is 10.9 Å². The summed E-state index contributed by atoms with van der Waals surface area (Å²) < 4.78 is 5.49. The number of hydrogen-bond donors (Lipinski definition) is 4. The fourth-order valence-corrected chi connectivity index (χ4v) is 5.73. The number of piperazine rings is 1. The fraction of sp³-hybridized carbons (Fsp3) is 0.481. The molecule has 0 saturated carbocycles. The van der Waals surface area contributed by atoms with Crippen molar-refractivity contribution in [2.75, 3.05) is 25.4 Å². The number of aromatic carboxylic acids is 1. The quantitative estimate of drug-likeness (QED) is 0.160. The SMILES string of the molecule is CCCCCCCN1CCN(C(=O)NC(C(=O)C[C@H]2Cc3cccc(C(=O)O)c3OB2O)c2csc(N)n2)C(=O)C1=O. The number of thiazole rings is 1. The van der Waals surface area contributed by atoms with E-state index in [9.17, 15) is 34.1 Å². The molecule has 1 saturated heterocycles. The summed E-state index contributed by atoms with van der Waals surface area (Å²) in [5.41, 5.74) is 6.34. The molecule has 5 N–H and O–H groups in total. The number of aromatic nitrogens is 1. The third kappa shape index (κ3) is 7.08. The van der Waals surface area contributed by atoms with Crippen LogP contribution in [0.4, 0.5) is 9.93 Å². The lowest BCUT2D eigenvalue weighted by molar-refractivity contribution is -0.153. The van der Waals surface area contributed by atoms with Crippen LogP contribution in [0.25, 0.3) is 0 Å². The summed E-state index contributed by atoms with van der Waals surface area (Å²) in [6.07, 6.45) is 4.86. The number of imide groups is 1. The average Bonchev–Trinajstić information content (AvgIpc) is 3.39. The Kier molecular flexibility index (Phi) is 10.2. The van der Waals surface area contributed by atoms with E-state index in [1.807, 2.05) is 0 Å². The van der Waals surface area contributed by atoms with Crippen LogP contribution < -0.4 is 15.7 Å². The highest BCUT2D eigenvalue weighted by Crippen LogP contribution is 2.37. The number of para-hydroxylation sites is 1. The Morgan fingerprint density at radius 3 is 2.64 bits per heavy atom. The Hall–Kier alpha value is -3.98. The molecule has 1 unspecified atom stereocenters. The standard InChI is InChI=1S/C27H34BN5O8S/c1-2-3-4-5-6-10-32-11-12-33(24(36)23(32)35)27(39)31-21(19-15-42-26(29)30-19)20(34)14-17-13-16-8-7-9-18(25(37)38)22(16)41-28(17)40/h7-9,15,17,21,40H,2-6,10-14H2,1H3,(H2,29,30)(H,31,39)(H,37,38)/t17-,21?/m1/s1. The number of Topliss-reactive ketones (excluding diaryl/α,β-unsaturated/α-hetero) is 1. The summed E-state index contributed by atoms with van der Waals surface area (Å²) in [5, 5.41) is 24.2. The highest BCUT2D eigenvalue weighted by atomic mass is 32.1. The van der Waals surface area contributed by atoms with E-state index in [0.717, 1.165) is 48.3 Å². The van der Waals surface area contributed by atoms with Gasteiger partial charge in [-0.25, -0.2) is 14.6 Å². The second-order valence-corrected chi connectivity index (χ2v) is 11.3. The number of urea groups is 1. The maximum atomic E-state index is 13.5. The van der Waals surface area contributed by atoms with Gasteiger partial charge in [-0.2, -0.15) is 0 Å². The van der Waals surface area contributed by atoms with E-state index in [1.165, 1.54) is 16.3 Å². The van der Waals surface area contributed by atoms with Gasteiger partial charge < -0.3 is 30.7 Å². The molecule has 0 radical (unpaired) electrons. The zero-order valence-corrected chi connectivity index (χ0v) is 24.1. The average molecular weight is 599 g/mol. The van der Waals surface area contributed by atoms with Gasteiger partial charge in [0, 0.05) is 37.3 Å². The number of hydrogen-bond acceptors (Lipinski definition) is 10. The third-order valence-electron chi connectivity index (χ3n) is 7.43. The predicted octanol–water partition coefficient (Wildman–Crippen LogP) is 2.26. The van der Waals surface area contributed by atoms with Crippen molar-refractivity contribution in [3.05, 3.63) is 40.4 Å². The number of carbonyl (C=O) groups excluding carboxylic acids is 4. The van der Waals surface area contributed by atoms with Crippen molar-refractivity contribution < 1.29 is 38.8 Å². The Morgan fingerprint density at radius 1 is 1.19 bits per heavy atom. The number of nitrogens with one attached hydrogen (secondary N) is 1. The Bertz CT molecular complexity index is 1350. The van der Waals surface area contributed by atoms with Crippen LogP contribution in [0.5, 0.6) is 5.75 Å². The number of benzene rings is 1. The maximum absolute atomic E-state index is 13.5. The normalized spacial score (nSPS) is 17.5. The van der Waals surface area contributed by atoms with Crippen LogP contribution in [0.3, 0.4) is 0 Å². The molecule has 2 aromatic rings. The Balaban J connectivity index is 1.43. The van der Waals surface area contributed by atoms with Gasteiger partial charge >= 0.3 is 30.9 Å². The zero-order valence-electron chi connectivity index (χ0n) is 23.3. The van der Waals surface area contributed by atoms with E-state index in [-0.39, 0.29) is 48.1 Å². The van der Waals surface area contributed by atoms with Crippen LogP contribution in [-0.2, 0) is 20.8 Å². The lowest BCUT2D eigenvalue weighted by atomic mass is 9.64. The van der Waals surface area contributed by atoms with E-state index in [1.54, 1.807) is 12.1 Å². The summed E-state index contributed by atoms with van der Waals surface area (Å²) in [6, 6.07) is 2.33. The molecule has 1 aromatic carbocycles. The van der Waals surface area contributed by atoms with Gasteiger partial charge in [-0.1, -0.05) is 44.7 Å². The lowest BCUT2D eigenvalue weighted by Crippen LogP contribution is -2.59. The van der Waals surface area contributed by atoms with Crippen LogP contribution in [0.1, 0.15) is 73.1 Å². The summed E-state index contributed by atoms with van der Waals surface area (Å²) in [4.78, 5) is 70.2. The van der Waals surface area contributed by atoms with Gasteiger partial charge in [0.05, 0.1) is 11.3 Å². The van der Waals surface area contributed by atoms with Gasteiger partial charge in [0.1, 0.15) is 11.8 Å². The minimum Gasteiger partial charge on any atom is -0.535 e. The molecule has 3 heterocycles. The number of nitrogen functional groups attached to an aromatic ring is 1. The molecule has 2 aliphatic rings. The van der Waals surface area contributed by atoms with Crippen molar-refractivity contribution in [1.29, 1.82) is 0 Å². The largest absolute Gasteiger partial charge is 0.535 e. The Labute approximate surface area is 247 Å². The van der Waals surface area contributed by atoms with Crippen molar-refractivity contribution in [2.24, 2.45) is 0 Å². The smallest absolute Gasteiger partial charge is 0.526 e. The van der Waals surface area contributed by atoms with Crippen molar-refractivity contribution >= 4 is 53.2 Å². The second kappa shape index (κ2) is 13.8. The molecule has 0 aliphatic carbocycles. The van der Waals surface area contributed by atoms with E-state index >= 15 is 0 Å². The summed E-state index contributed by atoms with van der Waals surface area (Å²) in [7, 11) is -1.48. The minimum absolute atomic E-state index is 0.0244. The third-order valence-corrected chi connectivity index (χ3v) is 8.12. The van der Waals surface area contributed by atoms with E-state index in [2.05, 4.69) is 17.2 Å².